The SMILES string of the molecule is N.[CH2]c1ccccc1. The lowest BCUT2D eigenvalue weighted by Gasteiger charge is -1.82. The fourth-order valence-corrected chi connectivity index (χ4v) is 0.478. The molecule has 0 saturated heterocycles. The Morgan fingerprint density at radius 2 is 1.50 bits per heavy atom. The highest BCUT2D eigenvalue weighted by molar-refractivity contribution is 5.16. The number of hydrogen-bond donors (Lipinski definition) is 1. The van der Waals surface area contributed by atoms with Gasteiger partial charge in [0.2, 0.25) is 0 Å². The van der Waals surface area contributed by atoms with E-state index in [0.717, 1.165) is 5.56 Å². The predicted molar refractivity (Wildman–Crippen MR) is 35.9 cm³/mol. The van der Waals surface area contributed by atoms with Gasteiger partial charge in [-0.05, 0) is 12.5 Å². The van der Waals surface area contributed by atoms with Gasteiger partial charge in [0.25, 0.3) is 0 Å². The molecule has 0 amide bonds. The van der Waals surface area contributed by atoms with E-state index in [1.807, 2.05) is 30.3 Å². The van der Waals surface area contributed by atoms with Gasteiger partial charge in [-0.1, -0.05) is 30.3 Å². The summed E-state index contributed by atoms with van der Waals surface area (Å²) in [4.78, 5) is 0. The summed E-state index contributed by atoms with van der Waals surface area (Å²) in [5, 5.41) is 0. The lowest BCUT2D eigenvalue weighted by molar-refractivity contribution is 1.62. The van der Waals surface area contributed by atoms with Crippen molar-refractivity contribution in [1.29, 1.82) is 0 Å². The molecule has 43 valence electrons. The third-order valence-corrected chi connectivity index (χ3v) is 0.843. The Balaban J connectivity index is 0.000000490. The number of benzene rings is 1. The molecule has 1 heteroatoms. The molecule has 1 nitrogen and oxygen atoms in total. The Kier molecular flexibility index (Phi) is 2.89. The summed E-state index contributed by atoms with van der Waals surface area (Å²) in [6.45, 7) is 3.72. The van der Waals surface area contributed by atoms with E-state index >= 15 is 0 Å². The zero-order chi connectivity index (χ0) is 5.11. The first-order valence-corrected chi connectivity index (χ1v) is 2.26. The molecule has 0 fully saturated rings. The second kappa shape index (κ2) is 3.22. The Labute approximate surface area is 49.9 Å². The van der Waals surface area contributed by atoms with Crippen molar-refractivity contribution in [2.45, 2.75) is 0 Å². The normalized spacial score (nSPS) is 7.62. The van der Waals surface area contributed by atoms with Crippen LogP contribution in [0.1, 0.15) is 5.56 Å². The fraction of sp³-hybridized carbons (Fsp3) is 0. The second-order valence-electron chi connectivity index (χ2n) is 1.49. The van der Waals surface area contributed by atoms with Crippen LogP contribution in [0.3, 0.4) is 0 Å². The first-order valence-electron chi connectivity index (χ1n) is 2.26. The van der Waals surface area contributed by atoms with Crippen molar-refractivity contribution in [3.05, 3.63) is 42.8 Å². The van der Waals surface area contributed by atoms with Crippen LogP contribution in [0.4, 0.5) is 0 Å². The highest BCUT2D eigenvalue weighted by Gasteiger charge is 1.72. The maximum Gasteiger partial charge on any atom is -0.0238 e. The molecule has 0 aliphatic carbocycles. The fourth-order valence-electron chi connectivity index (χ4n) is 0.478. The Morgan fingerprint density at radius 1 is 1.00 bits per heavy atom. The Hall–Kier alpha value is -0.820. The van der Waals surface area contributed by atoms with E-state index in [1.54, 1.807) is 0 Å². The van der Waals surface area contributed by atoms with Crippen molar-refractivity contribution >= 4 is 0 Å². The minimum absolute atomic E-state index is 0. The van der Waals surface area contributed by atoms with Crippen LogP contribution in [0.25, 0.3) is 0 Å². The summed E-state index contributed by atoms with van der Waals surface area (Å²) in [6, 6.07) is 9.87. The van der Waals surface area contributed by atoms with Gasteiger partial charge in [-0.25, -0.2) is 0 Å². The zero-order valence-electron chi connectivity index (χ0n) is 4.80. The van der Waals surface area contributed by atoms with Gasteiger partial charge in [-0.2, -0.15) is 0 Å². The summed E-state index contributed by atoms with van der Waals surface area (Å²) in [7, 11) is 0. The molecule has 8 heavy (non-hydrogen) atoms. The van der Waals surface area contributed by atoms with Crippen molar-refractivity contribution in [1.82, 2.24) is 6.15 Å². The third kappa shape index (κ3) is 1.76. The van der Waals surface area contributed by atoms with E-state index in [-0.39, 0.29) is 6.15 Å². The van der Waals surface area contributed by atoms with Gasteiger partial charge < -0.3 is 6.15 Å². The van der Waals surface area contributed by atoms with Gasteiger partial charge in [-0.3, -0.25) is 0 Å². The van der Waals surface area contributed by atoms with Gasteiger partial charge in [-0.15, -0.1) is 0 Å². The molecule has 0 aliphatic heterocycles. The molecular formula is C7H10N. The lowest BCUT2D eigenvalue weighted by atomic mass is 10.2. The average Bonchev–Trinajstić information content (AvgIpc) is 1.69. The summed E-state index contributed by atoms with van der Waals surface area (Å²) in [6.07, 6.45) is 0. The van der Waals surface area contributed by atoms with Crippen molar-refractivity contribution in [2.75, 3.05) is 0 Å². The van der Waals surface area contributed by atoms with Gasteiger partial charge in [0.1, 0.15) is 0 Å². The van der Waals surface area contributed by atoms with Crippen LogP contribution in [-0.2, 0) is 0 Å². The average molecular weight is 108 g/mol. The van der Waals surface area contributed by atoms with Crippen LogP contribution in [0.15, 0.2) is 30.3 Å². The number of hydrogen-bond acceptors (Lipinski definition) is 1. The highest BCUT2D eigenvalue weighted by Crippen LogP contribution is 1.92. The van der Waals surface area contributed by atoms with Crippen molar-refractivity contribution in [3.8, 4) is 0 Å². The van der Waals surface area contributed by atoms with Crippen LogP contribution < -0.4 is 6.15 Å². The maximum atomic E-state index is 3.72. The molecule has 0 unspecified atom stereocenters. The minimum atomic E-state index is 0. The van der Waals surface area contributed by atoms with Crippen LogP contribution in [0, 0.1) is 6.92 Å². The largest absolute Gasteiger partial charge is 0.344 e. The molecule has 3 N–H and O–H groups in total. The van der Waals surface area contributed by atoms with E-state index in [9.17, 15) is 0 Å². The summed E-state index contributed by atoms with van der Waals surface area (Å²) < 4.78 is 0. The molecule has 1 radical (unpaired) electrons. The lowest BCUT2D eigenvalue weighted by Crippen LogP contribution is -1.62. The molecule has 0 aromatic heterocycles. The molecule has 0 heterocycles. The highest BCUT2D eigenvalue weighted by atomic mass is 14.0. The molecule has 0 bridgehead atoms. The van der Waals surface area contributed by atoms with E-state index in [2.05, 4.69) is 6.92 Å². The van der Waals surface area contributed by atoms with Crippen LogP contribution >= 0.6 is 0 Å². The van der Waals surface area contributed by atoms with E-state index in [4.69, 9.17) is 0 Å². The van der Waals surface area contributed by atoms with Gasteiger partial charge in [0, 0.05) is 0 Å². The molecule has 0 saturated carbocycles. The quantitative estimate of drug-likeness (QED) is 0.542. The van der Waals surface area contributed by atoms with E-state index < -0.39 is 0 Å². The summed E-state index contributed by atoms with van der Waals surface area (Å²) in [5.41, 5.74) is 1.07. The van der Waals surface area contributed by atoms with Gasteiger partial charge in [0.15, 0.2) is 0 Å². The first kappa shape index (κ1) is 7.18. The molecular weight excluding hydrogens is 98.1 g/mol. The van der Waals surface area contributed by atoms with E-state index in [1.165, 1.54) is 0 Å². The monoisotopic (exact) mass is 108 g/mol. The number of rotatable bonds is 0. The van der Waals surface area contributed by atoms with Crippen molar-refractivity contribution in [3.63, 3.8) is 0 Å². The summed E-state index contributed by atoms with van der Waals surface area (Å²) >= 11 is 0. The van der Waals surface area contributed by atoms with Crippen LogP contribution in [0.5, 0.6) is 0 Å². The molecule has 1 rings (SSSR count). The first-order chi connectivity index (χ1) is 3.39. The maximum absolute atomic E-state index is 3.72. The van der Waals surface area contributed by atoms with Gasteiger partial charge in [0.05, 0.1) is 0 Å². The van der Waals surface area contributed by atoms with Crippen molar-refractivity contribution < 1.29 is 0 Å². The Morgan fingerprint density at radius 3 is 1.75 bits per heavy atom. The van der Waals surface area contributed by atoms with Crippen LogP contribution in [0.2, 0.25) is 0 Å². The molecule has 0 spiro atoms. The minimum Gasteiger partial charge on any atom is -0.344 e. The third-order valence-electron chi connectivity index (χ3n) is 0.843. The zero-order valence-corrected chi connectivity index (χ0v) is 4.80. The van der Waals surface area contributed by atoms with Gasteiger partial charge >= 0.3 is 0 Å². The molecule has 0 atom stereocenters. The topological polar surface area (TPSA) is 35.0 Å². The Bertz CT molecular complexity index is 134. The molecule has 1 aromatic carbocycles. The standard InChI is InChI=1S/C7H7.H3N/c1-7-5-3-2-4-6-7;/h2-6H,1H2;1H3. The second-order valence-corrected chi connectivity index (χ2v) is 1.49. The van der Waals surface area contributed by atoms with E-state index in [0.29, 0.717) is 0 Å². The van der Waals surface area contributed by atoms with Crippen LogP contribution in [-0.4, -0.2) is 0 Å². The molecule has 0 aliphatic rings. The molecule has 1 aromatic rings. The smallest absolute Gasteiger partial charge is 0.0238 e. The van der Waals surface area contributed by atoms with Crippen molar-refractivity contribution in [2.24, 2.45) is 0 Å². The predicted octanol–water partition coefficient (Wildman–Crippen LogP) is 2.03. The summed E-state index contributed by atoms with van der Waals surface area (Å²) in [5.74, 6) is 0.